The zero-order valence-corrected chi connectivity index (χ0v) is 9.24. The average molecular weight is 236 g/mol. The Bertz CT molecular complexity index is 631. The van der Waals surface area contributed by atoms with Crippen molar-refractivity contribution in [1.29, 1.82) is 0 Å². The van der Waals surface area contributed by atoms with E-state index in [0.717, 1.165) is 12.8 Å². The van der Waals surface area contributed by atoms with Gasteiger partial charge in [0.1, 0.15) is 10.8 Å². The van der Waals surface area contributed by atoms with Crippen molar-refractivity contribution < 1.29 is 0 Å². The molecule has 1 aliphatic carbocycles. The fourth-order valence-electron chi connectivity index (χ4n) is 1.87. The maximum Gasteiger partial charge on any atom is 0.264 e. The molecule has 1 aliphatic rings. The molecule has 0 amide bonds. The number of pyridine rings is 1. The van der Waals surface area contributed by atoms with Crippen LogP contribution in [0.25, 0.3) is 5.65 Å². The number of hydrogen-bond donors (Lipinski definition) is 1. The van der Waals surface area contributed by atoms with E-state index in [-0.39, 0.29) is 10.7 Å². The van der Waals surface area contributed by atoms with Crippen molar-refractivity contribution in [2.45, 2.75) is 18.4 Å². The molecule has 0 radical (unpaired) electrons. The summed E-state index contributed by atoms with van der Waals surface area (Å²) in [6, 6.07) is 5.34. The first-order valence-corrected chi connectivity index (χ1v) is 5.46. The van der Waals surface area contributed by atoms with Crippen LogP contribution in [0.15, 0.2) is 29.2 Å². The lowest BCUT2D eigenvalue weighted by Crippen LogP contribution is -2.31. The zero-order valence-electron chi connectivity index (χ0n) is 8.48. The van der Waals surface area contributed by atoms with Crippen LogP contribution in [-0.2, 0) is 5.54 Å². The molecule has 0 aromatic carbocycles. The molecule has 0 saturated heterocycles. The van der Waals surface area contributed by atoms with Gasteiger partial charge in [0.15, 0.2) is 0 Å². The molecular weight excluding hydrogens is 226 g/mol. The molecule has 3 rings (SSSR count). The van der Waals surface area contributed by atoms with Crippen LogP contribution in [0, 0.1) is 0 Å². The normalized spacial score (nSPS) is 17.6. The van der Waals surface area contributed by atoms with E-state index >= 15 is 0 Å². The summed E-state index contributed by atoms with van der Waals surface area (Å²) in [6.07, 6.45) is 3.27. The second-order valence-electron chi connectivity index (χ2n) is 4.17. The van der Waals surface area contributed by atoms with Gasteiger partial charge in [-0.3, -0.25) is 9.20 Å². The molecule has 2 N–H and O–H groups in total. The van der Waals surface area contributed by atoms with Crippen molar-refractivity contribution >= 4 is 17.2 Å². The summed E-state index contributed by atoms with van der Waals surface area (Å²) in [5.41, 5.74) is 6.30. The molecule has 0 spiro atoms. The van der Waals surface area contributed by atoms with Crippen LogP contribution in [0.4, 0.5) is 0 Å². The molecule has 0 bridgehead atoms. The van der Waals surface area contributed by atoms with Gasteiger partial charge in [-0.05, 0) is 25.0 Å². The SMILES string of the molecule is NC1(c2c(Cl)nc3ccccn3c2=O)CC1. The van der Waals surface area contributed by atoms with Crippen LogP contribution in [0.1, 0.15) is 18.4 Å². The topological polar surface area (TPSA) is 60.4 Å². The molecule has 4 nitrogen and oxygen atoms in total. The largest absolute Gasteiger partial charge is 0.321 e. The number of nitrogens with two attached hydrogens (primary N) is 1. The lowest BCUT2D eigenvalue weighted by atomic mass is 10.1. The van der Waals surface area contributed by atoms with Gasteiger partial charge in [-0.2, -0.15) is 0 Å². The van der Waals surface area contributed by atoms with Crippen molar-refractivity contribution in [2.75, 3.05) is 0 Å². The molecule has 0 unspecified atom stereocenters. The Morgan fingerprint density at radius 3 is 2.88 bits per heavy atom. The van der Waals surface area contributed by atoms with E-state index in [1.807, 2.05) is 6.07 Å². The lowest BCUT2D eigenvalue weighted by molar-refractivity contribution is 0.714. The molecular formula is C11H10ClN3O. The second kappa shape index (κ2) is 3.06. The Hall–Kier alpha value is -1.39. The van der Waals surface area contributed by atoms with Gasteiger partial charge in [0.05, 0.1) is 5.56 Å². The smallest absolute Gasteiger partial charge is 0.264 e. The van der Waals surface area contributed by atoms with E-state index in [2.05, 4.69) is 4.98 Å². The maximum absolute atomic E-state index is 12.2. The van der Waals surface area contributed by atoms with Gasteiger partial charge >= 0.3 is 0 Å². The standard InChI is InChI=1S/C11H10ClN3O/c12-9-8(11(13)4-5-11)10(16)15-6-2-1-3-7(15)14-9/h1-3,6H,4-5,13H2. The Labute approximate surface area is 96.7 Å². The lowest BCUT2D eigenvalue weighted by Gasteiger charge is -2.11. The third-order valence-electron chi connectivity index (χ3n) is 2.98. The van der Waals surface area contributed by atoms with E-state index in [9.17, 15) is 4.79 Å². The molecule has 0 aliphatic heterocycles. The van der Waals surface area contributed by atoms with E-state index in [4.69, 9.17) is 17.3 Å². The predicted molar refractivity (Wildman–Crippen MR) is 61.6 cm³/mol. The van der Waals surface area contributed by atoms with Crippen LogP contribution in [-0.4, -0.2) is 9.38 Å². The van der Waals surface area contributed by atoms with Gasteiger partial charge in [0, 0.05) is 11.7 Å². The highest BCUT2D eigenvalue weighted by molar-refractivity contribution is 6.30. The summed E-state index contributed by atoms with van der Waals surface area (Å²) in [7, 11) is 0. The van der Waals surface area contributed by atoms with Crippen molar-refractivity contribution in [3.05, 3.63) is 45.5 Å². The molecule has 1 saturated carbocycles. The van der Waals surface area contributed by atoms with E-state index in [1.54, 1.807) is 18.3 Å². The summed E-state index contributed by atoms with van der Waals surface area (Å²) >= 11 is 6.03. The maximum atomic E-state index is 12.2. The first kappa shape index (κ1) is 9.81. The Morgan fingerprint density at radius 2 is 2.19 bits per heavy atom. The summed E-state index contributed by atoms with van der Waals surface area (Å²) in [5.74, 6) is 0. The van der Waals surface area contributed by atoms with Crippen LogP contribution >= 0.6 is 11.6 Å². The fraction of sp³-hybridized carbons (Fsp3) is 0.273. The molecule has 82 valence electrons. The quantitative estimate of drug-likeness (QED) is 0.758. The third-order valence-corrected chi connectivity index (χ3v) is 3.25. The van der Waals surface area contributed by atoms with Gasteiger partial charge < -0.3 is 5.73 Å². The highest BCUT2D eigenvalue weighted by Gasteiger charge is 2.44. The van der Waals surface area contributed by atoms with Gasteiger partial charge in [0.25, 0.3) is 5.56 Å². The van der Waals surface area contributed by atoms with E-state index in [1.165, 1.54) is 4.40 Å². The monoisotopic (exact) mass is 235 g/mol. The van der Waals surface area contributed by atoms with Gasteiger partial charge in [-0.1, -0.05) is 17.7 Å². The van der Waals surface area contributed by atoms with Crippen LogP contribution in [0.3, 0.4) is 0 Å². The predicted octanol–water partition coefficient (Wildman–Crippen LogP) is 1.30. The minimum absolute atomic E-state index is 0.157. The second-order valence-corrected chi connectivity index (χ2v) is 4.53. The number of fused-ring (bicyclic) bond motifs is 1. The number of nitrogens with zero attached hydrogens (tertiary/aromatic N) is 2. The van der Waals surface area contributed by atoms with Crippen molar-refractivity contribution in [3.8, 4) is 0 Å². The number of aromatic nitrogens is 2. The first-order chi connectivity index (χ1) is 7.62. The van der Waals surface area contributed by atoms with Crippen LogP contribution in [0.2, 0.25) is 5.15 Å². The average Bonchev–Trinajstić information content (AvgIpc) is 2.97. The summed E-state index contributed by atoms with van der Waals surface area (Å²) in [6.45, 7) is 0. The van der Waals surface area contributed by atoms with Gasteiger partial charge in [-0.15, -0.1) is 0 Å². The highest BCUT2D eigenvalue weighted by Crippen LogP contribution is 2.43. The van der Waals surface area contributed by atoms with Crippen LogP contribution in [0.5, 0.6) is 0 Å². The third kappa shape index (κ3) is 1.27. The molecule has 5 heteroatoms. The number of rotatable bonds is 1. The highest BCUT2D eigenvalue weighted by atomic mass is 35.5. The van der Waals surface area contributed by atoms with Gasteiger partial charge in [0.2, 0.25) is 0 Å². The fourth-order valence-corrected chi connectivity index (χ4v) is 2.22. The Balaban J connectivity index is 2.42. The van der Waals surface area contributed by atoms with Crippen molar-refractivity contribution in [1.82, 2.24) is 9.38 Å². The summed E-state index contributed by atoms with van der Waals surface area (Å²) < 4.78 is 1.48. The molecule has 2 aromatic heterocycles. The van der Waals surface area contributed by atoms with E-state index < -0.39 is 5.54 Å². The molecule has 2 heterocycles. The summed E-state index contributed by atoms with van der Waals surface area (Å²) in [4.78, 5) is 16.4. The molecule has 1 fully saturated rings. The Morgan fingerprint density at radius 1 is 1.44 bits per heavy atom. The minimum Gasteiger partial charge on any atom is -0.321 e. The number of hydrogen-bond acceptors (Lipinski definition) is 3. The van der Waals surface area contributed by atoms with Crippen molar-refractivity contribution in [3.63, 3.8) is 0 Å². The number of halogens is 1. The molecule has 2 aromatic rings. The van der Waals surface area contributed by atoms with Crippen molar-refractivity contribution in [2.24, 2.45) is 5.73 Å². The van der Waals surface area contributed by atoms with E-state index in [0.29, 0.717) is 11.2 Å². The van der Waals surface area contributed by atoms with Gasteiger partial charge in [-0.25, -0.2) is 4.98 Å². The first-order valence-electron chi connectivity index (χ1n) is 5.08. The minimum atomic E-state index is -0.557. The Kier molecular flexibility index (Phi) is 1.87. The van der Waals surface area contributed by atoms with Crippen LogP contribution < -0.4 is 11.3 Å². The molecule has 16 heavy (non-hydrogen) atoms. The molecule has 0 atom stereocenters. The zero-order chi connectivity index (χ0) is 11.3. The summed E-state index contributed by atoms with van der Waals surface area (Å²) in [5, 5.41) is 0.233.